The molecule has 1 aliphatic rings. The maximum absolute atomic E-state index is 12.2. The molecule has 3 rings (SSSR count). The molecule has 1 aromatic carbocycles. The van der Waals surface area contributed by atoms with Gasteiger partial charge >= 0.3 is 6.03 Å². The summed E-state index contributed by atoms with van der Waals surface area (Å²) >= 11 is 0. The molecule has 0 saturated carbocycles. The second-order valence-corrected chi connectivity index (χ2v) is 5.71. The molecule has 0 aliphatic carbocycles. The van der Waals surface area contributed by atoms with E-state index in [1.807, 2.05) is 48.9 Å². The van der Waals surface area contributed by atoms with E-state index >= 15 is 0 Å². The molecular weight excluding hydrogens is 280 g/mol. The fourth-order valence-corrected chi connectivity index (χ4v) is 2.73. The van der Waals surface area contributed by atoms with Gasteiger partial charge in [0.15, 0.2) is 0 Å². The van der Waals surface area contributed by atoms with Gasteiger partial charge in [-0.1, -0.05) is 6.07 Å². The minimum absolute atomic E-state index is 0.179. The van der Waals surface area contributed by atoms with Crippen LogP contribution in [-0.4, -0.2) is 45.0 Å². The molecule has 22 heavy (non-hydrogen) atoms. The zero-order valence-corrected chi connectivity index (χ0v) is 12.8. The summed E-state index contributed by atoms with van der Waals surface area (Å²) in [4.78, 5) is 13.8. The van der Waals surface area contributed by atoms with Crippen LogP contribution in [0.1, 0.15) is 17.8 Å². The minimum Gasteiger partial charge on any atom is -0.391 e. The maximum atomic E-state index is 12.2. The summed E-state index contributed by atoms with van der Waals surface area (Å²) < 4.78 is 1.85. The van der Waals surface area contributed by atoms with Crippen LogP contribution in [0.3, 0.4) is 0 Å². The molecule has 6 nitrogen and oxygen atoms in total. The van der Waals surface area contributed by atoms with Crippen molar-refractivity contribution in [3.8, 4) is 5.69 Å². The van der Waals surface area contributed by atoms with Crippen molar-refractivity contribution in [2.75, 3.05) is 18.4 Å². The van der Waals surface area contributed by atoms with Gasteiger partial charge in [0, 0.05) is 24.5 Å². The number of hydrogen-bond acceptors (Lipinski definition) is 3. The Bertz CT molecular complexity index is 695. The van der Waals surface area contributed by atoms with Gasteiger partial charge in [-0.05, 0) is 44.5 Å². The number of benzene rings is 1. The Kier molecular flexibility index (Phi) is 3.85. The highest BCUT2D eigenvalue weighted by atomic mass is 16.3. The van der Waals surface area contributed by atoms with E-state index in [2.05, 4.69) is 10.4 Å². The zero-order chi connectivity index (χ0) is 15.7. The number of urea groups is 1. The van der Waals surface area contributed by atoms with Crippen LogP contribution in [0.15, 0.2) is 30.3 Å². The maximum Gasteiger partial charge on any atom is 0.321 e. The third-order valence-corrected chi connectivity index (χ3v) is 3.80. The van der Waals surface area contributed by atoms with Crippen molar-refractivity contribution >= 4 is 11.7 Å². The monoisotopic (exact) mass is 300 g/mol. The topological polar surface area (TPSA) is 70.4 Å². The molecule has 1 aromatic heterocycles. The molecule has 2 aromatic rings. The number of rotatable bonds is 2. The lowest BCUT2D eigenvalue weighted by Crippen LogP contribution is -2.33. The lowest BCUT2D eigenvalue weighted by atomic mass is 10.2. The first-order valence-electron chi connectivity index (χ1n) is 7.40. The van der Waals surface area contributed by atoms with Gasteiger partial charge in [-0.25, -0.2) is 9.48 Å². The fourth-order valence-electron chi connectivity index (χ4n) is 2.73. The van der Waals surface area contributed by atoms with Gasteiger partial charge in [-0.15, -0.1) is 0 Å². The molecule has 0 unspecified atom stereocenters. The number of aliphatic hydroxyl groups excluding tert-OH is 1. The Labute approximate surface area is 129 Å². The first-order valence-corrected chi connectivity index (χ1v) is 7.40. The van der Waals surface area contributed by atoms with Gasteiger partial charge in [-0.3, -0.25) is 0 Å². The van der Waals surface area contributed by atoms with Gasteiger partial charge in [0.05, 0.1) is 17.5 Å². The molecular formula is C16H20N4O2. The van der Waals surface area contributed by atoms with E-state index in [-0.39, 0.29) is 6.03 Å². The Balaban J connectivity index is 1.77. The van der Waals surface area contributed by atoms with E-state index in [1.165, 1.54) is 0 Å². The number of nitrogens with zero attached hydrogens (tertiary/aromatic N) is 3. The second-order valence-electron chi connectivity index (χ2n) is 5.71. The number of amides is 2. The Morgan fingerprint density at radius 1 is 1.36 bits per heavy atom. The van der Waals surface area contributed by atoms with E-state index in [9.17, 15) is 9.90 Å². The average Bonchev–Trinajstić information content (AvgIpc) is 3.05. The standard InChI is InChI=1S/C16H20N4O2/c1-11-8-12(2)20(18-11)14-5-3-4-13(9-14)17-16(22)19-7-6-15(21)10-19/h3-5,8-9,15,21H,6-7,10H2,1-2H3,(H,17,22)/t15-/m1/s1. The number of likely N-dealkylation sites (tertiary alicyclic amines) is 1. The van der Waals surface area contributed by atoms with Crippen molar-refractivity contribution < 1.29 is 9.90 Å². The highest BCUT2D eigenvalue weighted by Crippen LogP contribution is 2.18. The van der Waals surface area contributed by atoms with Crippen LogP contribution >= 0.6 is 0 Å². The van der Waals surface area contributed by atoms with Crippen molar-refractivity contribution in [1.29, 1.82) is 0 Å². The SMILES string of the molecule is Cc1cc(C)n(-c2cccc(NC(=O)N3CC[C@@H](O)C3)c2)n1. The third kappa shape index (κ3) is 2.96. The van der Waals surface area contributed by atoms with E-state index in [4.69, 9.17) is 0 Å². The summed E-state index contributed by atoms with van der Waals surface area (Å²) in [5.41, 5.74) is 3.63. The summed E-state index contributed by atoms with van der Waals surface area (Å²) in [5, 5.41) is 16.8. The molecule has 1 aliphatic heterocycles. The van der Waals surface area contributed by atoms with E-state index in [0.717, 1.165) is 22.8 Å². The summed E-state index contributed by atoms with van der Waals surface area (Å²) in [6.07, 6.45) is 0.228. The smallest absolute Gasteiger partial charge is 0.321 e. The average molecular weight is 300 g/mol. The van der Waals surface area contributed by atoms with Crippen LogP contribution in [0, 0.1) is 13.8 Å². The van der Waals surface area contributed by atoms with Crippen LogP contribution in [0.4, 0.5) is 10.5 Å². The normalized spacial score (nSPS) is 17.8. The minimum atomic E-state index is -0.410. The lowest BCUT2D eigenvalue weighted by molar-refractivity contribution is 0.176. The van der Waals surface area contributed by atoms with Crippen molar-refractivity contribution in [2.45, 2.75) is 26.4 Å². The number of carbonyl (C=O) groups is 1. The molecule has 0 bridgehead atoms. The number of β-amino-alcohol motifs (C(OH)–C–C–N with tert-alkyl or cyclic N) is 1. The Morgan fingerprint density at radius 2 is 2.18 bits per heavy atom. The number of aromatic nitrogens is 2. The molecule has 1 fully saturated rings. The van der Waals surface area contributed by atoms with Crippen molar-refractivity contribution in [3.05, 3.63) is 41.7 Å². The predicted molar refractivity (Wildman–Crippen MR) is 84.3 cm³/mol. The first-order chi connectivity index (χ1) is 10.5. The van der Waals surface area contributed by atoms with E-state index < -0.39 is 6.10 Å². The number of carbonyl (C=O) groups excluding carboxylic acids is 1. The molecule has 0 spiro atoms. The molecule has 2 heterocycles. The molecule has 2 N–H and O–H groups in total. The summed E-state index contributed by atoms with van der Waals surface area (Å²) in [6.45, 7) is 4.93. The number of aryl methyl sites for hydroxylation is 2. The molecule has 2 amide bonds. The highest BCUT2D eigenvalue weighted by Gasteiger charge is 2.24. The molecule has 1 atom stereocenters. The first kappa shape index (κ1) is 14.6. The van der Waals surface area contributed by atoms with Crippen LogP contribution in [0.2, 0.25) is 0 Å². The third-order valence-electron chi connectivity index (χ3n) is 3.80. The van der Waals surface area contributed by atoms with Gasteiger partial charge in [0.2, 0.25) is 0 Å². The van der Waals surface area contributed by atoms with Crippen molar-refractivity contribution in [1.82, 2.24) is 14.7 Å². The van der Waals surface area contributed by atoms with E-state index in [1.54, 1.807) is 4.90 Å². The summed E-state index contributed by atoms with van der Waals surface area (Å²) in [6, 6.07) is 9.41. The summed E-state index contributed by atoms with van der Waals surface area (Å²) in [7, 11) is 0. The van der Waals surface area contributed by atoms with Crippen LogP contribution < -0.4 is 5.32 Å². The summed E-state index contributed by atoms with van der Waals surface area (Å²) in [5.74, 6) is 0. The number of hydrogen-bond donors (Lipinski definition) is 2. The number of nitrogens with one attached hydrogen (secondary N) is 1. The molecule has 116 valence electrons. The van der Waals surface area contributed by atoms with Crippen molar-refractivity contribution in [2.24, 2.45) is 0 Å². The van der Waals surface area contributed by atoms with Crippen LogP contribution in [0.5, 0.6) is 0 Å². The van der Waals surface area contributed by atoms with Crippen LogP contribution in [0.25, 0.3) is 5.69 Å². The lowest BCUT2D eigenvalue weighted by Gasteiger charge is -2.17. The number of aliphatic hydroxyl groups is 1. The fraction of sp³-hybridized carbons (Fsp3) is 0.375. The van der Waals surface area contributed by atoms with E-state index in [0.29, 0.717) is 19.5 Å². The van der Waals surface area contributed by atoms with Crippen LogP contribution in [-0.2, 0) is 0 Å². The quantitative estimate of drug-likeness (QED) is 0.892. The highest BCUT2D eigenvalue weighted by molar-refractivity contribution is 5.89. The van der Waals surface area contributed by atoms with Gasteiger partial charge in [0.25, 0.3) is 0 Å². The molecule has 6 heteroatoms. The second kappa shape index (κ2) is 5.81. The Hall–Kier alpha value is -2.34. The Morgan fingerprint density at radius 3 is 2.82 bits per heavy atom. The van der Waals surface area contributed by atoms with Crippen molar-refractivity contribution in [3.63, 3.8) is 0 Å². The predicted octanol–water partition coefficient (Wildman–Crippen LogP) is 2.09. The zero-order valence-electron chi connectivity index (χ0n) is 12.8. The van der Waals surface area contributed by atoms with Gasteiger partial charge in [-0.2, -0.15) is 5.10 Å². The van der Waals surface area contributed by atoms with Gasteiger partial charge in [0.1, 0.15) is 0 Å². The molecule has 1 saturated heterocycles. The van der Waals surface area contributed by atoms with Gasteiger partial charge < -0.3 is 15.3 Å². The number of anilines is 1. The molecule has 0 radical (unpaired) electrons. The largest absolute Gasteiger partial charge is 0.391 e.